The molecule has 18 heavy (non-hydrogen) atoms. The van der Waals surface area contributed by atoms with Gasteiger partial charge in [-0.3, -0.25) is 4.57 Å². The Hall–Kier alpha value is -1.28. The Morgan fingerprint density at radius 1 is 1.72 bits per heavy atom. The summed E-state index contributed by atoms with van der Waals surface area (Å²) in [5, 5.41) is 18.7. The maximum absolute atomic E-state index is 9.70. The highest BCUT2D eigenvalue weighted by Crippen LogP contribution is 2.29. The van der Waals surface area contributed by atoms with Gasteiger partial charge in [0.15, 0.2) is 0 Å². The molecule has 0 unspecified atom stereocenters. The van der Waals surface area contributed by atoms with Crippen LogP contribution in [0.3, 0.4) is 0 Å². The van der Waals surface area contributed by atoms with Crippen LogP contribution in [0.25, 0.3) is 6.08 Å². The Morgan fingerprint density at radius 3 is 3.00 bits per heavy atom. The fourth-order valence-electron chi connectivity index (χ4n) is 1.91. The second kappa shape index (κ2) is 5.15. The van der Waals surface area contributed by atoms with Crippen LogP contribution in [-0.4, -0.2) is 38.6 Å². The molecule has 0 amide bonds. The number of nitrogens with two attached hydrogens (primary N) is 1. The molecule has 0 aliphatic carbocycles. The first kappa shape index (κ1) is 13.2. The Labute approximate surface area is 109 Å². The van der Waals surface area contributed by atoms with Crippen molar-refractivity contribution in [2.45, 2.75) is 24.9 Å². The lowest BCUT2D eigenvalue weighted by molar-refractivity contribution is -0.0452. The molecular weight excluding hydrogens is 254 g/mol. The molecule has 1 aliphatic rings. The summed E-state index contributed by atoms with van der Waals surface area (Å²) in [4.78, 5) is 4.03. The van der Waals surface area contributed by atoms with Crippen LogP contribution < -0.4 is 5.73 Å². The number of aliphatic hydroxyl groups excluding tert-OH is 2. The Bertz CT molecular complexity index is 517. The largest absolute Gasteiger partial charge is 0.394 e. The number of anilines is 1. The number of hydrogen-bond donors (Lipinski definition) is 3. The number of nitrogens with zero attached hydrogens (tertiary/aromatic N) is 2. The standard InChI is InChI=1S/C11H15N3O3S/c1-2-6-4-14(11(18)13-10(6)12)9-3-7(16)8(5-15)17-9/h2,4,7-9,15-16H,1,3,5H2,(H2,12,13,18)/t7-,8+,9+/m0/s1. The molecule has 6 nitrogen and oxygen atoms in total. The lowest BCUT2D eigenvalue weighted by atomic mass is 10.2. The molecule has 1 aliphatic heterocycles. The maximum atomic E-state index is 9.70. The molecule has 0 spiro atoms. The Kier molecular flexibility index (Phi) is 3.76. The zero-order valence-corrected chi connectivity index (χ0v) is 10.5. The monoisotopic (exact) mass is 269 g/mol. The number of aliphatic hydroxyl groups is 2. The molecule has 1 fully saturated rings. The van der Waals surface area contributed by atoms with Crippen LogP contribution in [0, 0.1) is 4.77 Å². The summed E-state index contributed by atoms with van der Waals surface area (Å²) in [6.07, 6.45) is 1.85. The Balaban J connectivity index is 2.35. The van der Waals surface area contributed by atoms with E-state index in [9.17, 15) is 5.11 Å². The summed E-state index contributed by atoms with van der Waals surface area (Å²) in [5.41, 5.74) is 6.34. The second-order valence-electron chi connectivity index (χ2n) is 4.09. The topological polar surface area (TPSA) is 93.5 Å². The number of aromatic nitrogens is 2. The first-order valence-electron chi connectivity index (χ1n) is 5.52. The van der Waals surface area contributed by atoms with E-state index in [-0.39, 0.29) is 11.4 Å². The summed E-state index contributed by atoms with van der Waals surface area (Å²) in [5.74, 6) is 0.309. The van der Waals surface area contributed by atoms with E-state index in [1.165, 1.54) is 0 Å². The zero-order chi connectivity index (χ0) is 13.3. The van der Waals surface area contributed by atoms with E-state index in [0.29, 0.717) is 17.8 Å². The second-order valence-corrected chi connectivity index (χ2v) is 4.46. The third-order valence-corrected chi connectivity index (χ3v) is 3.23. The van der Waals surface area contributed by atoms with Crippen molar-refractivity contribution in [1.29, 1.82) is 0 Å². The molecule has 1 aromatic rings. The summed E-state index contributed by atoms with van der Waals surface area (Å²) in [6.45, 7) is 3.40. The van der Waals surface area contributed by atoms with E-state index < -0.39 is 18.4 Å². The third-order valence-electron chi connectivity index (χ3n) is 2.93. The lowest BCUT2D eigenvalue weighted by Crippen LogP contribution is -2.24. The molecule has 2 rings (SSSR count). The third kappa shape index (κ3) is 2.30. The quantitative estimate of drug-likeness (QED) is 0.691. The molecule has 0 bridgehead atoms. The van der Waals surface area contributed by atoms with Gasteiger partial charge in [-0.25, -0.2) is 4.98 Å². The maximum Gasteiger partial charge on any atom is 0.203 e. The summed E-state index contributed by atoms with van der Waals surface area (Å²) >= 11 is 5.11. The normalized spacial score (nSPS) is 27.3. The van der Waals surface area contributed by atoms with E-state index in [4.69, 9.17) is 27.8 Å². The van der Waals surface area contributed by atoms with Gasteiger partial charge in [-0.1, -0.05) is 12.7 Å². The lowest BCUT2D eigenvalue weighted by Gasteiger charge is -2.16. The smallest absolute Gasteiger partial charge is 0.203 e. The van der Waals surface area contributed by atoms with Gasteiger partial charge in [-0.2, -0.15) is 0 Å². The molecule has 0 saturated carbocycles. The first-order valence-corrected chi connectivity index (χ1v) is 5.93. The number of ether oxygens (including phenoxy) is 1. The van der Waals surface area contributed by atoms with Crippen molar-refractivity contribution in [1.82, 2.24) is 9.55 Å². The summed E-state index contributed by atoms with van der Waals surface area (Å²) < 4.78 is 7.40. The molecule has 3 atom stereocenters. The van der Waals surface area contributed by atoms with Gasteiger partial charge in [-0.05, 0) is 12.2 Å². The van der Waals surface area contributed by atoms with Crippen molar-refractivity contribution in [3.8, 4) is 0 Å². The van der Waals surface area contributed by atoms with Crippen LogP contribution in [0.4, 0.5) is 5.82 Å². The van der Waals surface area contributed by atoms with Gasteiger partial charge < -0.3 is 20.7 Å². The predicted molar refractivity (Wildman–Crippen MR) is 69.2 cm³/mol. The van der Waals surface area contributed by atoms with Crippen molar-refractivity contribution in [2.75, 3.05) is 12.3 Å². The van der Waals surface area contributed by atoms with Crippen molar-refractivity contribution in [3.63, 3.8) is 0 Å². The molecule has 4 N–H and O–H groups in total. The highest BCUT2D eigenvalue weighted by atomic mass is 32.1. The highest BCUT2D eigenvalue weighted by Gasteiger charge is 2.34. The minimum atomic E-state index is -0.716. The van der Waals surface area contributed by atoms with E-state index in [0.717, 1.165) is 0 Å². The highest BCUT2D eigenvalue weighted by molar-refractivity contribution is 7.71. The fourth-order valence-corrected chi connectivity index (χ4v) is 2.18. The minimum absolute atomic E-state index is 0.234. The van der Waals surface area contributed by atoms with Gasteiger partial charge >= 0.3 is 0 Å². The van der Waals surface area contributed by atoms with Gasteiger partial charge in [0.05, 0.1) is 12.7 Å². The number of rotatable bonds is 3. The van der Waals surface area contributed by atoms with Crippen molar-refractivity contribution >= 4 is 24.1 Å². The van der Waals surface area contributed by atoms with E-state index >= 15 is 0 Å². The SMILES string of the molecule is C=Cc1cn([C@H]2C[C@H](O)[C@@H](CO)O2)c(=S)nc1N. The van der Waals surface area contributed by atoms with Crippen molar-refractivity contribution in [3.05, 3.63) is 23.1 Å². The average Bonchev–Trinajstić information content (AvgIpc) is 2.70. The molecule has 1 saturated heterocycles. The van der Waals surface area contributed by atoms with Crippen molar-refractivity contribution in [2.24, 2.45) is 0 Å². The van der Waals surface area contributed by atoms with Gasteiger partial charge in [0.1, 0.15) is 18.1 Å². The van der Waals surface area contributed by atoms with E-state index in [1.54, 1.807) is 16.8 Å². The molecule has 98 valence electrons. The molecule has 0 radical (unpaired) electrons. The average molecular weight is 269 g/mol. The van der Waals surface area contributed by atoms with Crippen LogP contribution in [-0.2, 0) is 4.74 Å². The first-order chi connectivity index (χ1) is 8.56. The van der Waals surface area contributed by atoms with E-state index in [1.807, 2.05) is 0 Å². The molecule has 1 aromatic heterocycles. The van der Waals surface area contributed by atoms with Crippen molar-refractivity contribution < 1.29 is 14.9 Å². The van der Waals surface area contributed by atoms with Crippen LogP contribution in [0.1, 0.15) is 18.2 Å². The van der Waals surface area contributed by atoms with E-state index in [2.05, 4.69) is 11.6 Å². The summed E-state index contributed by atoms with van der Waals surface area (Å²) in [7, 11) is 0. The fraction of sp³-hybridized carbons (Fsp3) is 0.455. The number of nitrogen functional groups attached to an aromatic ring is 1. The molecule has 0 aromatic carbocycles. The van der Waals surface area contributed by atoms with Gasteiger partial charge in [-0.15, -0.1) is 0 Å². The Morgan fingerprint density at radius 2 is 2.44 bits per heavy atom. The molecule has 7 heteroatoms. The predicted octanol–water partition coefficient (Wildman–Crippen LogP) is 0.478. The van der Waals surface area contributed by atoms with Crippen LogP contribution in [0.15, 0.2) is 12.8 Å². The van der Waals surface area contributed by atoms with Gasteiger partial charge in [0.25, 0.3) is 0 Å². The number of hydrogen-bond acceptors (Lipinski definition) is 6. The minimum Gasteiger partial charge on any atom is -0.394 e. The van der Waals surface area contributed by atoms with Crippen LogP contribution >= 0.6 is 12.2 Å². The zero-order valence-electron chi connectivity index (χ0n) is 9.69. The van der Waals surface area contributed by atoms with Gasteiger partial charge in [0.2, 0.25) is 4.77 Å². The van der Waals surface area contributed by atoms with Crippen LogP contribution in [0.2, 0.25) is 0 Å². The van der Waals surface area contributed by atoms with Crippen LogP contribution in [0.5, 0.6) is 0 Å². The summed E-state index contributed by atoms with van der Waals surface area (Å²) in [6, 6.07) is 0. The van der Waals surface area contributed by atoms with Gasteiger partial charge in [0, 0.05) is 18.2 Å². The molecular formula is C11H15N3O3S. The molecule has 2 heterocycles.